The van der Waals surface area contributed by atoms with Crippen LogP contribution in [0.2, 0.25) is 10.0 Å². The molecule has 2 fully saturated rings. The number of fused-ring (bicyclic) bond motifs is 1. The molecule has 1 aromatic carbocycles. The zero-order valence-corrected chi connectivity index (χ0v) is 12.2. The van der Waals surface area contributed by atoms with E-state index in [1.54, 1.807) is 0 Å². The van der Waals surface area contributed by atoms with Crippen molar-refractivity contribution in [3.63, 3.8) is 0 Å². The lowest BCUT2D eigenvalue weighted by molar-refractivity contribution is -0.143. The Hall–Kier alpha value is -1.79. The van der Waals surface area contributed by atoms with Crippen molar-refractivity contribution in [2.45, 2.75) is 6.42 Å². The molecule has 8 heteroatoms. The number of carbonyl (C=O) groups is 3. The van der Waals surface area contributed by atoms with Gasteiger partial charge in [-0.25, -0.2) is 0 Å². The van der Waals surface area contributed by atoms with Crippen LogP contribution in [0.3, 0.4) is 0 Å². The lowest BCUT2D eigenvalue weighted by Gasteiger charge is -2.16. The molecule has 6 nitrogen and oxygen atoms in total. The third kappa shape index (κ3) is 2.45. The number of nitrogen functional groups attached to an aromatic ring is 1. The predicted octanol–water partition coefficient (Wildman–Crippen LogP) is 1.52. The van der Waals surface area contributed by atoms with Crippen LogP contribution < -0.4 is 11.1 Å². The first-order valence-corrected chi connectivity index (χ1v) is 7.03. The fraction of sp³-hybridized carbons (Fsp3) is 0.308. The van der Waals surface area contributed by atoms with Crippen molar-refractivity contribution < 1.29 is 14.4 Å². The minimum Gasteiger partial charge on any atom is -0.399 e. The molecule has 2 aliphatic rings. The molecule has 2 atom stereocenters. The zero-order chi connectivity index (χ0) is 15.3. The van der Waals surface area contributed by atoms with E-state index in [-0.39, 0.29) is 45.9 Å². The highest BCUT2D eigenvalue weighted by molar-refractivity contribution is 6.40. The highest BCUT2D eigenvalue weighted by atomic mass is 35.5. The van der Waals surface area contributed by atoms with Crippen LogP contribution in [-0.2, 0) is 14.4 Å². The molecular formula is C13H11Cl2N3O3. The zero-order valence-electron chi connectivity index (χ0n) is 10.7. The van der Waals surface area contributed by atoms with Crippen molar-refractivity contribution in [2.24, 2.45) is 11.8 Å². The number of benzene rings is 1. The van der Waals surface area contributed by atoms with Gasteiger partial charge in [0, 0.05) is 5.69 Å². The normalized spacial score (nSPS) is 23.2. The highest BCUT2D eigenvalue weighted by Crippen LogP contribution is 2.46. The van der Waals surface area contributed by atoms with Gasteiger partial charge in [-0.2, -0.15) is 0 Å². The van der Waals surface area contributed by atoms with Crippen molar-refractivity contribution >= 4 is 52.3 Å². The van der Waals surface area contributed by atoms with Crippen molar-refractivity contribution in [3.8, 4) is 0 Å². The lowest BCUT2D eigenvalue weighted by Crippen LogP contribution is -2.39. The molecule has 0 radical (unpaired) electrons. The smallest absolute Gasteiger partial charge is 0.244 e. The highest BCUT2D eigenvalue weighted by Gasteiger charge is 2.59. The van der Waals surface area contributed by atoms with Gasteiger partial charge in [0.1, 0.15) is 6.54 Å². The van der Waals surface area contributed by atoms with Crippen LogP contribution >= 0.6 is 23.2 Å². The van der Waals surface area contributed by atoms with Gasteiger partial charge in [0.25, 0.3) is 0 Å². The lowest BCUT2D eigenvalue weighted by atomic mass is 10.2. The fourth-order valence-corrected chi connectivity index (χ4v) is 3.04. The first-order chi connectivity index (χ1) is 9.88. The summed E-state index contributed by atoms with van der Waals surface area (Å²) >= 11 is 11.9. The molecular weight excluding hydrogens is 317 g/mol. The summed E-state index contributed by atoms with van der Waals surface area (Å²) in [6, 6.07) is 2.90. The van der Waals surface area contributed by atoms with E-state index in [2.05, 4.69) is 5.32 Å². The maximum absolute atomic E-state index is 12.0. The van der Waals surface area contributed by atoms with Gasteiger partial charge in [0.2, 0.25) is 17.7 Å². The molecule has 1 saturated carbocycles. The number of imide groups is 1. The van der Waals surface area contributed by atoms with Gasteiger partial charge in [0.15, 0.2) is 0 Å². The summed E-state index contributed by atoms with van der Waals surface area (Å²) in [6.07, 6.45) is 0.603. The third-order valence-electron chi connectivity index (χ3n) is 3.59. The van der Waals surface area contributed by atoms with Gasteiger partial charge in [0.05, 0.1) is 27.6 Å². The summed E-state index contributed by atoms with van der Waals surface area (Å²) in [5.74, 6) is -1.56. The Kier molecular flexibility index (Phi) is 3.30. The van der Waals surface area contributed by atoms with E-state index in [4.69, 9.17) is 28.9 Å². The second-order valence-electron chi connectivity index (χ2n) is 5.12. The first-order valence-electron chi connectivity index (χ1n) is 6.28. The molecule has 1 aromatic rings. The minimum atomic E-state index is -0.536. The SMILES string of the molecule is Nc1cc(Cl)c(NC(=O)CN2C(=O)C3CC3C2=O)c(Cl)c1. The standard InChI is InChI=1S/C13H11Cl2N3O3/c14-8-1-5(16)2-9(15)11(8)17-10(19)4-18-12(20)6-3-7(6)13(18)21/h1-2,6-7H,3-4,16H2,(H,17,19). The summed E-state index contributed by atoms with van der Waals surface area (Å²) in [6.45, 7) is -0.332. The fourth-order valence-electron chi connectivity index (χ4n) is 2.44. The minimum absolute atomic E-state index is 0.190. The van der Waals surface area contributed by atoms with Gasteiger partial charge >= 0.3 is 0 Å². The molecule has 0 aromatic heterocycles. The van der Waals surface area contributed by atoms with Crippen LogP contribution in [0.4, 0.5) is 11.4 Å². The number of halogens is 2. The van der Waals surface area contributed by atoms with Gasteiger partial charge in [-0.3, -0.25) is 19.3 Å². The number of hydrogen-bond donors (Lipinski definition) is 2. The number of rotatable bonds is 3. The number of amides is 3. The molecule has 21 heavy (non-hydrogen) atoms. The second kappa shape index (κ2) is 4.89. The topological polar surface area (TPSA) is 92.5 Å². The number of anilines is 2. The Morgan fingerprint density at radius 2 is 1.76 bits per heavy atom. The number of hydrogen-bond acceptors (Lipinski definition) is 4. The van der Waals surface area contributed by atoms with Gasteiger partial charge in [-0.1, -0.05) is 23.2 Å². The van der Waals surface area contributed by atoms with Crippen LogP contribution in [0, 0.1) is 11.8 Å². The summed E-state index contributed by atoms with van der Waals surface area (Å²) in [7, 11) is 0. The van der Waals surface area contributed by atoms with Crippen LogP contribution in [0.15, 0.2) is 12.1 Å². The van der Waals surface area contributed by atoms with E-state index in [0.717, 1.165) is 4.90 Å². The van der Waals surface area contributed by atoms with E-state index in [9.17, 15) is 14.4 Å². The number of nitrogens with one attached hydrogen (secondary N) is 1. The maximum atomic E-state index is 12.0. The summed E-state index contributed by atoms with van der Waals surface area (Å²) < 4.78 is 0. The van der Waals surface area contributed by atoms with Crippen LogP contribution in [0.1, 0.15) is 6.42 Å². The van der Waals surface area contributed by atoms with E-state index >= 15 is 0 Å². The Balaban J connectivity index is 1.70. The number of carbonyl (C=O) groups excluding carboxylic acids is 3. The molecule has 1 aliphatic heterocycles. The second-order valence-corrected chi connectivity index (χ2v) is 5.93. The molecule has 1 aliphatic carbocycles. The van der Waals surface area contributed by atoms with Gasteiger partial charge in [-0.05, 0) is 18.6 Å². The number of nitrogens with two attached hydrogens (primary N) is 1. The molecule has 2 unspecified atom stereocenters. The monoisotopic (exact) mass is 327 g/mol. The van der Waals surface area contributed by atoms with Crippen molar-refractivity contribution in [2.75, 3.05) is 17.6 Å². The first kappa shape index (κ1) is 14.2. The summed E-state index contributed by atoms with van der Waals surface area (Å²) in [5.41, 5.74) is 6.15. The molecule has 3 rings (SSSR count). The molecule has 110 valence electrons. The maximum Gasteiger partial charge on any atom is 0.244 e. The third-order valence-corrected chi connectivity index (χ3v) is 4.18. The summed E-state index contributed by atoms with van der Waals surface area (Å²) in [5, 5.41) is 2.88. The average molecular weight is 328 g/mol. The number of nitrogens with zero attached hydrogens (tertiary/aromatic N) is 1. The number of piperidine rings is 1. The Bertz CT molecular complexity index is 634. The van der Waals surface area contributed by atoms with E-state index in [1.807, 2.05) is 0 Å². The Morgan fingerprint density at radius 1 is 1.24 bits per heavy atom. The molecule has 1 heterocycles. The van der Waals surface area contributed by atoms with Crippen LogP contribution in [0.25, 0.3) is 0 Å². The van der Waals surface area contributed by atoms with Crippen molar-refractivity contribution in [1.82, 2.24) is 4.90 Å². The van der Waals surface area contributed by atoms with Gasteiger partial charge in [-0.15, -0.1) is 0 Å². The van der Waals surface area contributed by atoms with Crippen LogP contribution in [0.5, 0.6) is 0 Å². The Labute approximate surface area is 130 Å². The van der Waals surface area contributed by atoms with E-state index < -0.39 is 5.91 Å². The van der Waals surface area contributed by atoms with Crippen molar-refractivity contribution in [3.05, 3.63) is 22.2 Å². The molecule has 0 spiro atoms. The molecule has 3 N–H and O–H groups in total. The number of likely N-dealkylation sites (tertiary alicyclic amines) is 1. The van der Waals surface area contributed by atoms with E-state index in [0.29, 0.717) is 12.1 Å². The molecule has 1 saturated heterocycles. The largest absolute Gasteiger partial charge is 0.399 e. The molecule has 3 amide bonds. The molecule has 0 bridgehead atoms. The quantitative estimate of drug-likeness (QED) is 0.650. The van der Waals surface area contributed by atoms with Crippen molar-refractivity contribution in [1.29, 1.82) is 0 Å². The average Bonchev–Trinajstić information content (AvgIpc) is 3.14. The predicted molar refractivity (Wildman–Crippen MR) is 77.8 cm³/mol. The van der Waals surface area contributed by atoms with Gasteiger partial charge < -0.3 is 11.1 Å². The Morgan fingerprint density at radius 3 is 2.29 bits per heavy atom. The van der Waals surface area contributed by atoms with Crippen LogP contribution in [-0.4, -0.2) is 29.2 Å². The van der Waals surface area contributed by atoms with E-state index in [1.165, 1.54) is 12.1 Å². The summed E-state index contributed by atoms with van der Waals surface area (Å²) in [4.78, 5) is 36.5.